The lowest BCUT2D eigenvalue weighted by Gasteiger charge is -2.35. The molecule has 190 valence electrons. The molecule has 0 bridgehead atoms. The first kappa shape index (κ1) is 25.8. The molecule has 0 aromatic heterocycles. The van der Waals surface area contributed by atoms with E-state index in [9.17, 15) is 18.7 Å². The number of piperidine rings is 1. The van der Waals surface area contributed by atoms with Crippen molar-refractivity contribution < 1.29 is 18.7 Å². The van der Waals surface area contributed by atoms with E-state index in [1.165, 1.54) is 36.4 Å². The predicted octanol–water partition coefficient (Wildman–Crippen LogP) is 5.01. The van der Waals surface area contributed by atoms with Crippen molar-refractivity contribution in [3.8, 4) is 0 Å². The normalized spacial score (nSPS) is 16.3. The van der Waals surface area contributed by atoms with Gasteiger partial charge in [-0.15, -0.1) is 0 Å². The van der Waals surface area contributed by atoms with Gasteiger partial charge in [0, 0.05) is 12.2 Å². The first-order valence-corrected chi connectivity index (χ1v) is 12.5. The summed E-state index contributed by atoms with van der Waals surface area (Å²) in [7, 11) is 0. The molecule has 1 heterocycles. The van der Waals surface area contributed by atoms with Crippen LogP contribution in [-0.2, 0) is 12.8 Å². The SMILES string of the molecule is O=C(Nc1ccc(F)cc1)N[C@@H](Cc1ccccc1)[C@@H](O)CN1CCC(Cc2ccc(F)cc2)CC1. The molecule has 0 spiro atoms. The highest BCUT2D eigenvalue weighted by Gasteiger charge is 2.27. The van der Waals surface area contributed by atoms with E-state index in [1.807, 2.05) is 42.5 Å². The zero-order valence-corrected chi connectivity index (χ0v) is 20.2. The van der Waals surface area contributed by atoms with E-state index in [4.69, 9.17) is 0 Å². The van der Waals surface area contributed by atoms with Gasteiger partial charge in [0.25, 0.3) is 0 Å². The van der Waals surface area contributed by atoms with Crippen LogP contribution in [0.15, 0.2) is 78.9 Å². The number of β-amino-alcohol motifs (C(OH)–C–C–N with tert-alkyl or cyclic N) is 1. The van der Waals surface area contributed by atoms with E-state index in [2.05, 4.69) is 15.5 Å². The number of carbonyl (C=O) groups is 1. The molecule has 1 fully saturated rings. The molecule has 1 aliphatic heterocycles. The second-order valence-electron chi connectivity index (χ2n) is 9.54. The van der Waals surface area contributed by atoms with E-state index < -0.39 is 18.2 Å². The van der Waals surface area contributed by atoms with Gasteiger partial charge in [-0.3, -0.25) is 0 Å². The van der Waals surface area contributed by atoms with E-state index in [0.717, 1.165) is 43.5 Å². The van der Waals surface area contributed by atoms with Crippen LogP contribution in [0.4, 0.5) is 19.3 Å². The second kappa shape index (κ2) is 12.6. The number of nitrogens with zero attached hydrogens (tertiary/aromatic N) is 1. The molecule has 3 N–H and O–H groups in total. The lowest BCUT2D eigenvalue weighted by atomic mass is 9.90. The quantitative estimate of drug-likeness (QED) is 0.393. The van der Waals surface area contributed by atoms with Crippen molar-refractivity contribution in [2.24, 2.45) is 5.92 Å². The summed E-state index contributed by atoms with van der Waals surface area (Å²) in [5.41, 5.74) is 2.64. The molecule has 1 aliphatic rings. The lowest BCUT2D eigenvalue weighted by Crippen LogP contribution is -2.51. The van der Waals surface area contributed by atoms with Crippen molar-refractivity contribution in [3.63, 3.8) is 0 Å². The van der Waals surface area contributed by atoms with Gasteiger partial charge in [-0.2, -0.15) is 0 Å². The first-order chi connectivity index (χ1) is 17.4. The Morgan fingerprint density at radius 3 is 2.14 bits per heavy atom. The minimum absolute atomic E-state index is 0.215. The van der Waals surface area contributed by atoms with E-state index in [-0.39, 0.29) is 11.6 Å². The van der Waals surface area contributed by atoms with Gasteiger partial charge >= 0.3 is 6.03 Å². The van der Waals surface area contributed by atoms with Crippen LogP contribution in [0.3, 0.4) is 0 Å². The molecule has 3 aromatic carbocycles. The summed E-state index contributed by atoms with van der Waals surface area (Å²) in [5.74, 6) is -0.0593. The molecule has 0 aliphatic carbocycles. The monoisotopic (exact) mass is 493 g/mol. The minimum Gasteiger partial charge on any atom is -0.390 e. The van der Waals surface area contributed by atoms with Crippen LogP contribution < -0.4 is 10.6 Å². The summed E-state index contributed by atoms with van der Waals surface area (Å²) in [5, 5.41) is 16.8. The maximum absolute atomic E-state index is 13.2. The van der Waals surface area contributed by atoms with Crippen LogP contribution in [0.1, 0.15) is 24.0 Å². The van der Waals surface area contributed by atoms with Crippen LogP contribution in [0.2, 0.25) is 0 Å². The van der Waals surface area contributed by atoms with Gasteiger partial charge < -0.3 is 20.6 Å². The van der Waals surface area contributed by atoms with Crippen LogP contribution in [0.5, 0.6) is 0 Å². The molecule has 0 radical (unpaired) electrons. The average molecular weight is 494 g/mol. The Morgan fingerprint density at radius 2 is 1.50 bits per heavy atom. The Bertz CT molecular complexity index is 1090. The molecule has 1 saturated heterocycles. The van der Waals surface area contributed by atoms with Crippen molar-refractivity contribution in [3.05, 3.63) is 102 Å². The molecule has 2 atom stereocenters. The highest BCUT2D eigenvalue weighted by molar-refractivity contribution is 5.89. The number of urea groups is 1. The fourth-order valence-electron chi connectivity index (χ4n) is 4.74. The van der Waals surface area contributed by atoms with Gasteiger partial charge in [0.05, 0.1) is 12.1 Å². The lowest BCUT2D eigenvalue weighted by molar-refractivity contribution is 0.0659. The third-order valence-corrected chi connectivity index (χ3v) is 6.77. The van der Waals surface area contributed by atoms with Crippen molar-refractivity contribution in [2.45, 2.75) is 37.8 Å². The Morgan fingerprint density at radius 1 is 0.889 bits per heavy atom. The number of anilines is 1. The molecule has 0 saturated carbocycles. The number of rotatable bonds is 9. The highest BCUT2D eigenvalue weighted by Crippen LogP contribution is 2.22. The molecular formula is C29H33F2N3O2. The summed E-state index contributed by atoms with van der Waals surface area (Å²) < 4.78 is 26.3. The summed E-state index contributed by atoms with van der Waals surface area (Å²) in [6.45, 7) is 2.18. The van der Waals surface area contributed by atoms with Gasteiger partial charge in [-0.25, -0.2) is 13.6 Å². The van der Waals surface area contributed by atoms with Crippen molar-refractivity contribution in [2.75, 3.05) is 25.0 Å². The summed E-state index contributed by atoms with van der Waals surface area (Å²) >= 11 is 0. The Balaban J connectivity index is 1.32. The highest BCUT2D eigenvalue weighted by atomic mass is 19.1. The van der Waals surface area contributed by atoms with Crippen molar-refractivity contribution >= 4 is 11.7 Å². The predicted molar refractivity (Wildman–Crippen MR) is 138 cm³/mol. The van der Waals surface area contributed by atoms with E-state index in [0.29, 0.717) is 24.6 Å². The zero-order valence-electron chi connectivity index (χ0n) is 20.2. The number of aliphatic hydroxyl groups is 1. The second-order valence-corrected chi connectivity index (χ2v) is 9.54. The number of halogens is 2. The van der Waals surface area contributed by atoms with Gasteiger partial charge in [0.15, 0.2) is 0 Å². The number of hydrogen-bond donors (Lipinski definition) is 3. The van der Waals surface area contributed by atoms with Crippen LogP contribution in [0.25, 0.3) is 0 Å². The molecular weight excluding hydrogens is 460 g/mol. The number of nitrogens with one attached hydrogen (secondary N) is 2. The molecule has 3 aromatic rings. The van der Waals surface area contributed by atoms with E-state index >= 15 is 0 Å². The maximum Gasteiger partial charge on any atom is 0.319 e. The number of likely N-dealkylation sites (tertiary alicyclic amines) is 1. The standard InChI is InChI=1S/C29H33F2N3O2/c30-24-8-6-22(7-9-24)18-23-14-16-34(17-15-23)20-28(35)27(19-21-4-2-1-3-5-21)33-29(36)32-26-12-10-25(31)11-13-26/h1-13,23,27-28,35H,14-20H2,(H2,32,33,36)/t27-,28-/m0/s1. The number of aliphatic hydroxyl groups excluding tert-OH is 1. The van der Waals surface area contributed by atoms with E-state index in [1.54, 1.807) is 0 Å². The minimum atomic E-state index is -0.766. The van der Waals surface area contributed by atoms with Gasteiger partial charge in [0.2, 0.25) is 0 Å². The van der Waals surface area contributed by atoms with Crippen LogP contribution in [-0.4, -0.2) is 47.8 Å². The smallest absolute Gasteiger partial charge is 0.319 e. The largest absolute Gasteiger partial charge is 0.390 e. The topological polar surface area (TPSA) is 64.6 Å². The maximum atomic E-state index is 13.2. The Hall–Kier alpha value is -3.29. The number of benzene rings is 3. The molecule has 7 heteroatoms. The fourth-order valence-corrected chi connectivity index (χ4v) is 4.74. The van der Waals surface area contributed by atoms with Gasteiger partial charge in [0.1, 0.15) is 11.6 Å². The Labute approximate surface area is 211 Å². The molecule has 36 heavy (non-hydrogen) atoms. The third-order valence-electron chi connectivity index (χ3n) is 6.77. The third kappa shape index (κ3) is 7.86. The number of amides is 2. The van der Waals surface area contributed by atoms with Gasteiger partial charge in [-0.05, 0) is 92.2 Å². The number of carbonyl (C=O) groups excluding carboxylic acids is 1. The number of hydrogen-bond acceptors (Lipinski definition) is 3. The Kier molecular flexibility index (Phi) is 9.03. The summed E-state index contributed by atoms with van der Waals surface area (Å²) in [4.78, 5) is 14.9. The first-order valence-electron chi connectivity index (χ1n) is 12.5. The van der Waals surface area contributed by atoms with Gasteiger partial charge in [-0.1, -0.05) is 42.5 Å². The van der Waals surface area contributed by atoms with Crippen molar-refractivity contribution in [1.82, 2.24) is 10.2 Å². The average Bonchev–Trinajstić information content (AvgIpc) is 2.88. The summed E-state index contributed by atoms with van der Waals surface area (Å²) in [6.07, 6.45) is 2.66. The molecule has 2 amide bonds. The van der Waals surface area contributed by atoms with Crippen LogP contribution in [0, 0.1) is 17.6 Å². The zero-order chi connectivity index (χ0) is 25.3. The molecule has 0 unspecified atom stereocenters. The van der Waals surface area contributed by atoms with Crippen molar-refractivity contribution in [1.29, 1.82) is 0 Å². The molecule has 5 nitrogen and oxygen atoms in total. The molecule has 4 rings (SSSR count). The van der Waals surface area contributed by atoms with Crippen LogP contribution >= 0.6 is 0 Å². The fraction of sp³-hybridized carbons (Fsp3) is 0.345. The summed E-state index contributed by atoms with van der Waals surface area (Å²) in [6, 6.07) is 21.1.